The van der Waals surface area contributed by atoms with E-state index in [1.165, 1.54) is 71.1 Å². The lowest BCUT2D eigenvalue weighted by Gasteiger charge is -2.30. The molecule has 2 nitrogen and oxygen atoms in total. The lowest BCUT2D eigenvalue weighted by Crippen LogP contribution is -2.42. The van der Waals surface area contributed by atoms with Gasteiger partial charge in [-0.05, 0) is 45.8 Å². The Morgan fingerprint density at radius 3 is 2.31 bits per heavy atom. The molecule has 1 saturated heterocycles. The summed E-state index contributed by atoms with van der Waals surface area (Å²) in [6.07, 6.45) is 9.74. The maximum atomic E-state index is 3.58. The van der Waals surface area contributed by atoms with Crippen molar-refractivity contribution < 1.29 is 0 Å². The van der Waals surface area contributed by atoms with Crippen molar-refractivity contribution in [3.05, 3.63) is 0 Å². The highest BCUT2D eigenvalue weighted by Crippen LogP contribution is 2.12. The van der Waals surface area contributed by atoms with Gasteiger partial charge in [-0.25, -0.2) is 0 Å². The molecule has 16 heavy (non-hydrogen) atoms. The molecular weight excluding hydrogens is 196 g/mol. The van der Waals surface area contributed by atoms with Crippen molar-refractivity contribution in [2.75, 3.05) is 26.2 Å². The molecule has 1 aliphatic rings. The van der Waals surface area contributed by atoms with E-state index in [1.54, 1.807) is 0 Å². The highest BCUT2D eigenvalue weighted by Gasteiger charge is 2.14. The molecule has 0 aromatic carbocycles. The van der Waals surface area contributed by atoms with E-state index in [0.717, 1.165) is 6.04 Å². The van der Waals surface area contributed by atoms with Crippen molar-refractivity contribution in [3.63, 3.8) is 0 Å². The summed E-state index contributed by atoms with van der Waals surface area (Å²) in [5, 5.41) is 3.58. The average molecular weight is 226 g/mol. The third kappa shape index (κ3) is 5.86. The van der Waals surface area contributed by atoms with Crippen molar-refractivity contribution in [2.45, 2.75) is 64.8 Å². The minimum Gasteiger partial charge on any atom is -0.315 e. The van der Waals surface area contributed by atoms with E-state index >= 15 is 0 Å². The van der Waals surface area contributed by atoms with Crippen molar-refractivity contribution in [1.29, 1.82) is 0 Å². The summed E-state index contributed by atoms with van der Waals surface area (Å²) in [6.45, 7) is 9.62. The zero-order valence-electron chi connectivity index (χ0n) is 11.3. The van der Waals surface area contributed by atoms with Gasteiger partial charge >= 0.3 is 0 Å². The lowest BCUT2D eigenvalue weighted by molar-refractivity contribution is 0.187. The fourth-order valence-electron chi connectivity index (χ4n) is 2.45. The highest BCUT2D eigenvalue weighted by molar-refractivity contribution is 4.71. The van der Waals surface area contributed by atoms with Gasteiger partial charge in [-0.1, -0.05) is 32.6 Å². The van der Waals surface area contributed by atoms with Gasteiger partial charge < -0.3 is 5.32 Å². The van der Waals surface area contributed by atoms with Gasteiger partial charge in [0.2, 0.25) is 0 Å². The van der Waals surface area contributed by atoms with E-state index in [2.05, 4.69) is 24.1 Å². The van der Waals surface area contributed by atoms with Crippen molar-refractivity contribution in [2.24, 2.45) is 0 Å². The van der Waals surface area contributed by atoms with Gasteiger partial charge in [-0.2, -0.15) is 0 Å². The first kappa shape index (κ1) is 14.0. The van der Waals surface area contributed by atoms with Crippen LogP contribution < -0.4 is 5.32 Å². The maximum Gasteiger partial charge on any atom is 0.0192 e. The van der Waals surface area contributed by atoms with Crippen LogP contribution >= 0.6 is 0 Å². The average Bonchev–Trinajstić information content (AvgIpc) is 2.23. The second-order valence-corrected chi connectivity index (χ2v) is 5.21. The van der Waals surface area contributed by atoms with Gasteiger partial charge in [0.1, 0.15) is 0 Å². The molecule has 1 fully saturated rings. The number of nitrogens with zero attached hydrogens (tertiary/aromatic N) is 1. The monoisotopic (exact) mass is 226 g/mol. The third-order valence-corrected chi connectivity index (χ3v) is 3.66. The SMILES string of the molecule is CCCCNCC(C)N1CCCCCCC1. The van der Waals surface area contributed by atoms with Gasteiger partial charge in [-0.15, -0.1) is 0 Å². The minimum atomic E-state index is 0.718. The molecule has 0 saturated carbocycles. The highest BCUT2D eigenvalue weighted by atomic mass is 15.2. The fourth-order valence-corrected chi connectivity index (χ4v) is 2.45. The van der Waals surface area contributed by atoms with Crippen LogP contribution in [0.3, 0.4) is 0 Å². The van der Waals surface area contributed by atoms with Gasteiger partial charge in [-0.3, -0.25) is 4.90 Å². The van der Waals surface area contributed by atoms with Crippen LogP contribution in [0.1, 0.15) is 58.8 Å². The Labute approximate surface area is 102 Å². The Balaban J connectivity index is 2.14. The number of nitrogens with one attached hydrogen (secondary N) is 1. The van der Waals surface area contributed by atoms with E-state index < -0.39 is 0 Å². The second kappa shape index (κ2) is 9.00. The Hall–Kier alpha value is -0.0800. The van der Waals surface area contributed by atoms with Crippen LogP contribution in [0, 0.1) is 0 Å². The van der Waals surface area contributed by atoms with Crippen molar-refractivity contribution in [1.82, 2.24) is 10.2 Å². The standard InChI is InChI=1S/C14H30N2/c1-3-4-10-15-13-14(2)16-11-8-6-5-7-9-12-16/h14-15H,3-13H2,1-2H3. The topological polar surface area (TPSA) is 15.3 Å². The lowest BCUT2D eigenvalue weighted by atomic mass is 10.1. The Bertz CT molecular complexity index is 151. The number of hydrogen-bond acceptors (Lipinski definition) is 2. The number of unbranched alkanes of at least 4 members (excludes halogenated alkanes) is 1. The number of likely N-dealkylation sites (tertiary alicyclic amines) is 1. The molecule has 1 unspecified atom stereocenters. The molecule has 0 aliphatic carbocycles. The van der Waals surface area contributed by atoms with Crippen LogP contribution in [0.2, 0.25) is 0 Å². The van der Waals surface area contributed by atoms with Crippen LogP contribution in [0.5, 0.6) is 0 Å². The Kier molecular flexibility index (Phi) is 7.87. The fraction of sp³-hybridized carbons (Fsp3) is 1.00. The third-order valence-electron chi connectivity index (χ3n) is 3.66. The van der Waals surface area contributed by atoms with Crippen LogP contribution in [-0.2, 0) is 0 Å². The summed E-state index contributed by atoms with van der Waals surface area (Å²) in [7, 11) is 0. The largest absolute Gasteiger partial charge is 0.315 e. The van der Waals surface area contributed by atoms with E-state index in [1.807, 2.05) is 0 Å². The molecule has 1 heterocycles. The van der Waals surface area contributed by atoms with Gasteiger partial charge in [0.15, 0.2) is 0 Å². The number of rotatable bonds is 6. The van der Waals surface area contributed by atoms with Crippen LogP contribution in [0.4, 0.5) is 0 Å². The zero-order valence-corrected chi connectivity index (χ0v) is 11.3. The molecule has 2 heteroatoms. The molecule has 0 radical (unpaired) electrons. The first-order valence-corrected chi connectivity index (χ1v) is 7.29. The minimum absolute atomic E-state index is 0.718. The molecule has 1 rings (SSSR count). The maximum absolute atomic E-state index is 3.58. The molecular formula is C14H30N2. The van der Waals surface area contributed by atoms with E-state index in [-0.39, 0.29) is 0 Å². The van der Waals surface area contributed by atoms with Crippen LogP contribution in [0.15, 0.2) is 0 Å². The molecule has 0 spiro atoms. The summed E-state index contributed by atoms with van der Waals surface area (Å²) in [5.74, 6) is 0. The predicted octanol–water partition coefficient (Wildman–Crippen LogP) is 3.03. The van der Waals surface area contributed by atoms with Gasteiger partial charge in [0.05, 0.1) is 0 Å². The smallest absolute Gasteiger partial charge is 0.0192 e. The molecule has 1 atom stereocenters. The molecule has 0 bridgehead atoms. The molecule has 1 aliphatic heterocycles. The van der Waals surface area contributed by atoms with Gasteiger partial charge in [0.25, 0.3) is 0 Å². The summed E-state index contributed by atoms with van der Waals surface area (Å²) in [5.41, 5.74) is 0. The molecule has 96 valence electrons. The molecule has 0 aromatic heterocycles. The first-order chi connectivity index (χ1) is 7.84. The van der Waals surface area contributed by atoms with Crippen LogP contribution in [0.25, 0.3) is 0 Å². The molecule has 0 amide bonds. The predicted molar refractivity (Wildman–Crippen MR) is 71.9 cm³/mol. The van der Waals surface area contributed by atoms with Crippen molar-refractivity contribution in [3.8, 4) is 0 Å². The number of hydrogen-bond donors (Lipinski definition) is 1. The first-order valence-electron chi connectivity index (χ1n) is 7.29. The zero-order chi connectivity index (χ0) is 11.6. The van der Waals surface area contributed by atoms with E-state index in [4.69, 9.17) is 0 Å². The van der Waals surface area contributed by atoms with E-state index in [9.17, 15) is 0 Å². The van der Waals surface area contributed by atoms with Gasteiger partial charge in [0, 0.05) is 12.6 Å². The molecule has 0 aromatic rings. The normalized spacial score (nSPS) is 21.4. The summed E-state index contributed by atoms with van der Waals surface area (Å²) in [4.78, 5) is 2.68. The Morgan fingerprint density at radius 1 is 1.06 bits per heavy atom. The Morgan fingerprint density at radius 2 is 1.69 bits per heavy atom. The van der Waals surface area contributed by atoms with Crippen LogP contribution in [-0.4, -0.2) is 37.1 Å². The van der Waals surface area contributed by atoms with Crippen molar-refractivity contribution >= 4 is 0 Å². The molecule has 1 N–H and O–H groups in total. The summed E-state index contributed by atoms with van der Waals surface area (Å²) in [6, 6.07) is 0.718. The summed E-state index contributed by atoms with van der Waals surface area (Å²) >= 11 is 0. The summed E-state index contributed by atoms with van der Waals surface area (Å²) < 4.78 is 0. The second-order valence-electron chi connectivity index (χ2n) is 5.21. The van der Waals surface area contributed by atoms with E-state index in [0.29, 0.717) is 0 Å². The quantitative estimate of drug-likeness (QED) is 0.700.